The molecular formula is C11H6BrIN2O3. The third kappa shape index (κ3) is 2.96. The van der Waals surface area contributed by atoms with Crippen LogP contribution in [0.3, 0.4) is 0 Å². The van der Waals surface area contributed by atoms with Crippen molar-refractivity contribution >= 4 is 44.2 Å². The zero-order valence-corrected chi connectivity index (χ0v) is 12.6. The van der Waals surface area contributed by atoms with Crippen LogP contribution in [-0.4, -0.2) is 9.91 Å². The smallest absolute Gasteiger partial charge is 0.330 e. The summed E-state index contributed by atoms with van der Waals surface area (Å²) >= 11 is 5.36. The van der Waals surface area contributed by atoms with E-state index in [4.69, 9.17) is 4.74 Å². The van der Waals surface area contributed by atoms with Gasteiger partial charge in [0.05, 0.1) is 9.40 Å². The normalized spacial score (nSPS) is 10.1. The van der Waals surface area contributed by atoms with E-state index in [-0.39, 0.29) is 11.4 Å². The highest BCUT2D eigenvalue weighted by molar-refractivity contribution is 14.1. The molecule has 0 fully saturated rings. The molecule has 7 heteroatoms. The van der Waals surface area contributed by atoms with Gasteiger partial charge in [-0.2, -0.15) is 0 Å². The molecule has 2 rings (SSSR count). The molecule has 0 aliphatic rings. The fourth-order valence-electron chi connectivity index (χ4n) is 1.26. The van der Waals surface area contributed by atoms with Crippen LogP contribution < -0.4 is 4.74 Å². The van der Waals surface area contributed by atoms with Gasteiger partial charge in [-0.05, 0) is 62.8 Å². The lowest BCUT2D eigenvalue weighted by molar-refractivity contribution is -0.386. The summed E-state index contributed by atoms with van der Waals surface area (Å²) in [5, 5.41) is 10.9. The van der Waals surface area contributed by atoms with Gasteiger partial charge in [-0.15, -0.1) is 0 Å². The third-order valence-corrected chi connectivity index (χ3v) is 3.35. The quantitative estimate of drug-likeness (QED) is 0.425. The molecule has 0 aliphatic carbocycles. The molecule has 1 aromatic heterocycles. The van der Waals surface area contributed by atoms with Crippen LogP contribution in [0.5, 0.6) is 11.5 Å². The Labute approximate surface area is 125 Å². The van der Waals surface area contributed by atoms with Crippen LogP contribution in [0.25, 0.3) is 0 Å². The fourth-order valence-corrected chi connectivity index (χ4v) is 2.03. The van der Waals surface area contributed by atoms with Crippen molar-refractivity contribution in [1.82, 2.24) is 4.98 Å². The second-order valence-electron chi connectivity index (χ2n) is 3.28. The van der Waals surface area contributed by atoms with Crippen molar-refractivity contribution in [1.29, 1.82) is 0 Å². The van der Waals surface area contributed by atoms with E-state index in [0.717, 1.165) is 9.77 Å². The molecular weight excluding hydrogens is 415 g/mol. The van der Waals surface area contributed by atoms with Crippen molar-refractivity contribution in [2.24, 2.45) is 0 Å². The van der Waals surface area contributed by atoms with Gasteiger partial charge in [0.1, 0.15) is 11.9 Å². The van der Waals surface area contributed by atoms with Crippen LogP contribution in [0.15, 0.2) is 41.1 Å². The summed E-state index contributed by atoms with van der Waals surface area (Å²) in [5.74, 6) is 0.682. The van der Waals surface area contributed by atoms with Crippen LogP contribution in [0.2, 0.25) is 0 Å². The maximum atomic E-state index is 10.9. The highest BCUT2D eigenvalue weighted by Crippen LogP contribution is 2.37. The molecule has 1 heterocycles. The predicted molar refractivity (Wildman–Crippen MR) is 77.8 cm³/mol. The number of pyridine rings is 1. The second-order valence-corrected chi connectivity index (χ2v) is 5.38. The number of ether oxygens (including phenoxy) is 1. The topological polar surface area (TPSA) is 65.3 Å². The number of halogens is 2. The van der Waals surface area contributed by atoms with Gasteiger partial charge in [0.2, 0.25) is 5.75 Å². The van der Waals surface area contributed by atoms with Gasteiger partial charge in [0, 0.05) is 9.77 Å². The Bertz CT molecular complexity index is 589. The first-order valence-electron chi connectivity index (χ1n) is 4.79. The number of aromatic nitrogens is 1. The zero-order chi connectivity index (χ0) is 13.1. The number of rotatable bonds is 3. The Morgan fingerprint density at radius 3 is 2.56 bits per heavy atom. The summed E-state index contributed by atoms with van der Waals surface area (Å²) in [4.78, 5) is 14.1. The zero-order valence-electron chi connectivity index (χ0n) is 8.84. The van der Waals surface area contributed by atoms with Crippen LogP contribution in [0.4, 0.5) is 5.69 Å². The first kappa shape index (κ1) is 13.2. The van der Waals surface area contributed by atoms with E-state index in [2.05, 4.69) is 43.5 Å². The molecule has 1 aromatic carbocycles. The van der Waals surface area contributed by atoms with E-state index < -0.39 is 4.92 Å². The highest BCUT2D eigenvalue weighted by atomic mass is 127. The average Bonchev–Trinajstić information content (AvgIpc) is 2.34. The SMILES string of the molecule is O=[N+]([O-])c1cncc(Br)c1Oc1ccc(I)cc1. The fraction of sp³-hybridized carbons (Fsp3) is 0. The molecule has 0 amide bonds. The summed E-state index contributed by atoms with van der Waals surface area (Å²) in [6.45, 7) is 0. The van der Waals surface area contributed by atoms with Gasteiger partial charge < -0.3 is 4.74 Å². The van der Waals surface area contributed by atoms with Crippen molar-refractivity contribution < 1.29 is 9.66 Å². The molecule has 0 saturated carbocycles. The van der Waals surface area contributed by atoms with E-state index in [0.29, 0.717) is 10.2 Å². The first-order chi connectivity index (χ1) is 8.58. The number of nitro groups is 1. The summed E-state index contributed by atoms with van der Waals surface area (Å²) in [5.41, 5.74) is -0.178. The molecule has 92 valence electrons. The van der Waals surface area contributed by atoms with E-state index >= 15 is 0 Å². The third-order valence-electron chi connectivity index (χ3n) is 2.06. The minimum atomic E-state index is -0.528. The number of hydrogen-bond donors (Lipinski definition) is 0. The molecule has 18 heavy (non-hydrogen) atoms. The summed E-state index contributed by atoms with van der Waals surface area (Å²) in [6, 6.07) is 7.21. The molecule has 5 nitrogen and oxygen atoms in total. The van der Waals surface area contributed by atoms with Gasteiger partial charge in [-0.3, -0.25) is 15.1 Å². The summed E-state index contributed by atoms with van der Waals surface area (Å²) < 4.78 is 7.02. The van der Waals surface area contributed by atoms with Crippen LogP contribution in [0, 0.1) is 13.7 Å². The minimum absolute atomic E-state index is 0.149. The largest absolute Gasteiger partial charge is 0.449 e. The van der Waals surface area contributed by atoms with Gasteiger partial charge in [-0.25, -0.2) is 0 Å². The van der Waals surface area contributed by atoms with E-state index in [1.807, 2.05) is 12.1 Å². The Morgan fingerprint density at radius 2 is 1.94 bits per heavy atom. The lowest BCUT2D eigenvalue weighted by Crippen LogP contribution is -1.95. The number of hydrogen-bond acceptors (Lipinski definition) is 4. The van der Waals surface area contributed by atoms with Gasteiger partial charge in [-0.1, -0.05) is 0 Å². The van der Waals surface area contributed by atoms with Crippen molar-refractivity contribution in [3.63, 3.8) is 0 Å². The molecule has 0 unspecified atom stereocenters. The first-order valence-corrected chi connectivity index (χ1v) is 6.66. The van der Waals surface area contributed by atoms with Crippen LogP contribution in [-0.2, 0) is 0 Å². The molecule has 0 bridgehead atoms. The molecule has 0 spiro atoms. The second kappa shape index (κ2) is 5.61. The standard InChI is InChI=1S/C11H6BrIN2O3/c12-9-5-14-6-10(15(16)17)11(9)18-8-3-1-7(13)2-4-8/h1-6H. The number of benzene rings is 1. The van der Waals surface area contributed by atoms with Crippen molar-refractivity contribution in [2.45, 2.75) is 0 Å². The molecule has 0 saturated heterocycles. The highest BCUT2D eigenvalue weighted by Gasteiger charge is 2.19. The Hall–Kier alpha value is -1.22. The van der Waals surface area contributed by atoms with Gasteiger partial charge in [0.15, 0.2) is 0 Å². The summed E-state index contributed by atoms with van der Waals surface area (Å²) in [7, 11) is 0. The van der Waals surface area contributed by atoms with E-state index in [1.165, 1.54) is 6.20 Å². The van der Waals surface area contributed by atoms with Crippen molar-refractivity contribution in [2.75, 3.05) is 0 Å². The van der Waals surface area contributed by atoms with E-state index in [1.54, 1.807) is 12.1 Å². The predicted octanol–water partition coefficient (Wildman–Crippen LogP) is 4.15. The van der Waals surface area contributed by atoms with Crippen LogP contribution >= 0.6 is 38.5 Å². The molecule has 2 aromatic rings. The van der Waals surface area contributed by atoms with Gasteiger partial charge >= 0.3 is 5.69 Å². The Morgan fingerprint density at radius 1 is 1.28 bits per heavy atom. The lowest BCUT2D eigenvalue weighted by Gasteiger charge is -2.07. The maximum Gasteiger partial charge on any atom is 0.330 e. The van der Waals surface area contributed by atoms with Crippen LogP contribution in [0.1, 0.15) is 0 Å². The maximum absolute atomic E-state index is 10.9. The number of nitrogens with zero attached hydrogens (tertiary/aromatic N) is 2. The lowest BCUT2D eigenvalue weighted by atomic mass is 10.3. The van der Waals surface area contributed by atoms with Crippen molar-refractivity contribution in [3.05, 3.63) is 54.8 Å². The van der Waals surface area contributed by atoms with Gasteiger partial charge in [0.25, 0.3) is 0 Å². The Kier molecular flexibility index (Phi) is 4.12. The minimum Gasteiger partial charge on any atom is -0.449 e. The average molecular weight is 421 g/mol. The van der Waals surface area contributed by atoms with Crippen molar-refractivity contribution in [3.8, 4) is 11.5 Å². The Balaban J connectivity index is 2.39. The molecule has 0 N–H and O–H groups in total. The monoisotopic (exact) mass is 420 g/mol. The molecule has 0 radical (unpaired) electrons. The molecule has 0 atom stereocenters. The molecule has 0 aliphatic heterocycles. The van der Waals surface area contributed by atoms with E-state index in [9.17, 15) is 10.1 Å². The summed E-state index contributed by atoms with van der Waals surface area (Å²) in [6.07, 6.45) is 2.61.